The molecule has 1 fully saturated rings. The topological polar surface area (TPSA) is 158 Å². The Hall–Kier alpha value is -2.21. The second-order valence-electron chi connectivity index (χ2n) is 5.25. The summed E-state index contributed by atoms with van der Waals surface area (Å²) in [7, 11) is 2.82. The number of nitrogens with zero attached hydrogens (tertiary/aromatic N) is 4. The standard InChI is InChI=1S/C12H17N5O6/c1-16-9(21)5-8(15-12(16)22-2)17(11(13)14-5)10-7(20)6(19)4(18)3-23-10/h4,6-7,10,18-20H,3H2,1-2H3,(H2,13,14)/t4-,6-,7-,10+/m1/s1. The fourth-order valence-electron chi connectivity index (χ4n) is 2.55. The Morgan fingerprint density at radius 3 is 2.65 bits per heavy atom. The normalized spacial score (nSPS) is 28.2. The van der Waals surface area contributed by atoms with Gasteiger partial charge in [0.2, 0.25) is 5.95 Å². The van der Waals surface area contributed by atoms with Crippen LogP contribution in [0.4, 0.5) is 5.95 Å². The number of anilines is 1. The lowest BCUT2D eigenvalue weighted by Crippen LogP contribution is -2.50. The lowest BCUT2D eigenvalue weighted by molar-refractivity contribution is -0.209. The van der Waals surface area contributed by atoms with Crippen LogP contribution in [-0.4, -0.2) is 66.5 Å². The molecular weight excluding hydrogens is 310 g/mol. The second kappa shape index (κ2) is 5.45. The Bertz CT molecular complexity index is 801. The van der Waals surface area contributed by atoms with E-state index in [1.54, 1.807) is 0 Å². The van der Waals surface area contributed by atoms with E-state index < -0.39 is 30.1 Å². The summed E-state index contributed by atoms with van der Waals surface area (Å²) in [6, 6.07) is 0.0227. The Morgan fingerprint density at radius 1 is 1.30 bits per heavy atom. The van der Waals surface area contributed by atoms with Gasteiger partial charge in [-0.25, -0.2) is 4.98 Å². The van der Waals surface area contributed by atoms with Gasteiger partial charge in [0.15, 0.2) is 17.4 Å². The molecule has 0 radical (unpaired) electrons. The van der Waals surface area contributed by atoms with Crippen LogP contribution in [0.25, 0.3) is 11.2 Å². The number of aliphatic hydroxyl groups is 3. The van der Waals surface area contributed by atoms with Gasteiger partial charge in [0, 0.05) is 7.05 Å². The molecule has 0 aliphatic carbocycles. The first-order valence-electron chi connectivity index (χ1n) is 6.81. The first kappa shape index (κ1) is 15.7. The number of aliphatic hydroxyl groups excluding tert-OH is 3. The summed E-state index contributed by atoms with van der Waals surface area (Å²) in [5.41, 5.74) is 5.37. The molecule has 3 rings (SSSR count). The van der Waals surface area contributed by atoms with Crippen LogP contribution < -0.4 is 16.0 Å². The highest BCUT2D eigenvalue weighted by molar-refractivity contribution is 5.73. The highest BCUT2D eigenvalue weighted by Crippen LogP contribution is 2.29. The van der Waals surface area contributed by atoms with Gasteiger partial charge in [0.1, 0.15) is 18.3 Å². The van der Waals surface area contributed by atoms with Crippen molar-refractivity contribution in [2.75, 3.05) is 19.5 Å². The van der Waals surface area contributed by atoms with Crippen molar-refractivity contribution in [3.05, 3.63) is 10.4 Å². The molecule has 11 nitrogen and oxygen atoms in total. The van der Waals surface area contributed by atoms with Crippen molar-refractivity contribution in [3.63, 3.8) is 0 Å². The van der Waals surface area contributed by atoms with E-state index in [2.05, 4.69) is 9.97 Å². The number of methoxy groups -OCH3 is 1. The summed E-state index contributed by atoms with van der Waals surface area (Å²) in [6.45, 7) is -0.218. The maximum Gasteiger partial charge on any atom is 0.300 e. The van der Waals surface area contributed by atoms with Gasteiger partial charge in [0.05, 0.1) is 13.7 Å². The third-order valence-electron chi connectivity index (χ3n) is 3.82. The maximum atomic E-state index is 12.3. The van der Waals surface area contributed by atoms with E-state index in [0.717, 1.165) is 4.57 Å². The number of imidazole rings is 1. The minimum atomic E-state index is -1.48. The molecule has 23 heavy (non-hydrogen) atoms. The summed E-state index contributed by atoms with van der Waals surface area (Å²) < 4.78 is 12.7. The molecule has 2 aromatic heterocycles. The summed E-state index contributed by atoms with van der Waals surface area (Å²) in [6.07, 6.45) is -5.29. The fraction of sp³-hybridized carbons (Fsp3) is 0.583. The van der Waals surface area contributed by atoms with E-state index >= 15 is 0 Å². The van der Waals surface area contributed by atoms with E-state index in [1.807, 2.05) is 0 Å². The number of ether oxygens (including phenoxy) is 2. The predicted octanol–water partition coefficient (Wildman–Crippen LogP) is -2.67. The smallest absolute Gasteiger partial charge is 0.300 e. The average Bonchev–Trinajstić information content (AvgIpc) is 2.85. The van der Waals surface area contributed by atoms with Gasteiger partial charge < -0.3 is 30.5 Å². The van der Waals surface area contributed by atoms with Gasteiger partial charge in [-0.15, -0.1) is 0 Å². The summed E-state index contributed by atoms with van der Waals surface area (Å²) in [5.74, 6) is -0.120. The highest BCUT2D eigenvalue weighted by Gasteiger charge is 2.40. The Morgan fingerprint density at radius 2 is 2.00 bits per heavy atom. The third kappa shape index (κ3) is 2.25. The van der Waals surface area contributed by atoms with E-state index in [1.165, 1.54) is 18.7 Å². The van der Waals surface area contributed by atoms with Crippen LogP contribution in [0.5, 0.6) is 6.01 Å². The lowest BCUT2D eigenvalue weighted by atomic mass is 10.0. The molecule has 126 valence electrons. The minimum absolute atomic E-state index is 0.0227. The second-order valence-corrected chi connectivity index (χ2v) is 5.25. The molecule has 0 bridgehead atoms. The molecule has 0 saturated carbocycles. The molecule has 1 aliphatic rings. The molecule has 0 aromatic carbocycles. The largest absolute Gasteiger partial charge is 0.468 e. The van der Waals surface area contributed by atoms with Gasteiger partial charge in [-0.1, -0.05) is 0 Å². The molecule has 5 N–H and O–H groups in total. The van der Waals surface area contributed by atoms with Crippen molar-refractivity contribution in [3.8, 4) is 6.01 Å². The van der Waals surface area contributed by atoms with E-state index in [4.69, 9.17) is 15.2 Å². The van der Waals surface area contributed by atoms with Crippen LogP contribution in [0.15, 0.2) is 4.79 Å². The molecular formula is C12H17N5O6. The summed E-state index contributed by atoms with van der Waals surface area (Å²) >= 11 is 0. The van der Waals surface area contributed by atoms with Crippen molar-refractivity contribution >= 4 is 17.1 Å². The highest BCUT2D eigenvalue weighted by atomic mass is 16.5. The molecule has 2 aromatic rings. The number of hydrogen-bond donors (Lipinski definition) is 4. The predicted molar refractivity (Wildman–Crippen MR) is 76.7 cm³/mol. The zero-order chi connectivity index (χ0) is 16.9. The summed E-state index contributed by atoms with van der Waals surface area (Å²) in [5, 5.41) is 29.5. The van der Waals surface area contributed by atoms with Crippen LogP contribution in [0.2, 0.25) is 0 Å². The SMILES string of the molecule is COc1nc2c(nc(N)n2[C@H]2OC[C@@H](O)[C@@H](O)[C@H]2O)c(=O)n1C. The monoisotopic (exact) mass is 327 g/mol. The molecule has 1 aliphatic heterocycles. The number of nitrogens with two attached hydrogens (primary N) is 1. The average molecular weight is 327 g/mol. The van der Waals surface area contributed by atoms with Crippen molar-refractivity contribution in [2.45, 2.75) is 24.5 Å². The van der Waals surface area contributed by atoms with Gasteiger partial charge in [-0.2, -0.15) is 4.98 Å². The third-order valence-corrected chi connectivity index (χ3v) is 3.82. The van der Waals surface area contributed by atoms with Crippen molar-refractivity contribution in [2.24, 2.45) is 7.05 Å². The van der Waals surface area contributed by atoms with Gasteiger partial charge in [-0.3, -0.25) is 13.9 Å². The maximum absolute atomic E-state index is 12.3. The van der Waals surface area contributed by atoms with Gasteiger partial charge in [0.25, 0.3) is 5.56 Å². The Kier molecular flexibility index (Phi) is 3.72. The van der Waals surface area contributed by atoms with E-state index in [-0.39, 0.29) is 29.7 Å². The summed E-state index contributed by atoms with van der Waals surface area (Å²) in [4.78, 5) is 20.4. The lowest BCUT2D eigenvalue weighted by Gasteiger charge is -2.36. The molecule has 3 heterocycles. The van der Waals surface area contributed by atoms with Crippen LogP contribution in [0.3, 0.4) is 0 Å². The number of nitrogen functional groups attached to an aromatic ring is 1. The van der Waals surface area contributed by atoms with Crippen molar-refractivity contribution in [1.29, 1.82) is 0 Å². The zero-order valence-electron chi connectivity index (χ0n) is 12.4. The van der Waals surface area contributed by atoms with E-state index in [9.17, 15) is 20.1 Å². The number of rotatable bonds is 2. The molecule has 4 atom stereocenters. The first-order valence-corrected chi connectivity index (χ1v) is 6.81. The van der Waals surface area contributed by atoms with Crippen molar-refractivity contribution in [1.82, 2.24) is 19.1 Å². The fourth-order valence-corrected chi connectivity index (χ4v) is 2.55. The minimum Gasteiger partial charge on any atom is -0.468 e. The molecule has 0 amide bonds. The molecule has 0 spiro atoms. The molecule has 1 saturated heterocycles. The first-order chi connectivity index (χ1) is 10.9. The Balaban J connectivity index is 2.20. The molecule has 0 unspecified atom stereocenters. The van der Waals surface area contributed by atoms with Gasteiger partial charge >= 0.3 is 6.01 Å². The Labute approximate surface area is 129 Å². The number of fused-ring (bicyclic) bond motifs is 1. The van der Waals surface area contributed by atoms with E-state index in [0.29, 0.717) is 0 Å². The van der Waals surface area contributed by atoms with Gasteiger partial charge in [-0.05, 0) is 0 Å². The molecule has 11 heteroatoms. The van der Waals surface area contributed by atoms with Crippen molar-refractivity contribution < 1.29 is 24.8 Å². The van der Waals surface area contributed by atoms with Crippen LogP contribution in [0.1, 0.15) is 6.23 Å². The van der Waals surface area contributed by atoms with Crippen LogP contribution >= 0.6 is 0 Å². The van der Waals surface area contributed by atoms with Crippen LogP contribution in [-0.2, 0) is 11.8 Å². The number of aromatic nitrogens is 4. The number of hydrogen-bond acceptors (Lipinski definition) is 9. The quantitative estimate of drug-likeness (QED) is 0.461. The van der Waals surface area contributed by atoms with Crippen LogP contribution in [0, 0.1) is 0 Å². The zero-order valence-corrected chi connectivity index (χ0v) is 12.4.